The summed E-state index contributed by atoms with van der Waals surface area (Å²) < 4.78 is 47.7. The Balaban J connectivity index is 1.73. The fraction of sp³-hybridized carbons (Fsp3) is 0.381. The first-order valence-electron chi connectivity index (χ1n) is 9.97. The van der Waals surface area contributed by atoms with Gasteiger partial charge in [-0.3, -0.25) is 9.36 Å². The fourth-order valence-corrected chi connectivity index (χ4v) is 4.38. The van der Waals surface area contributed by atoms with E-state index in [0.29, 0.717) is 15.0 Å². The molecule has 12 heteroatoms. The van der Waals surface area contributed by atoms with Crippen LogP contribution < -0.4 is 11.4 Å². The molecule has 178 valence electrons. The molecule has 0 aliphatic carbocycles. The predicted octanol–water partition coefficient (Wildman–Crippen LogP) is 4.14. The van der Waals surface area contributed by atoms with Crippen molar-refractivity contribution in [2.75, 3.05) is 13.7 Å². The summed E-state index contributed by atoms with van der Waals surface area (Å²) in [4.78, 5) is 26.0. The maximum Gasteiger partial charge on any atom is 0.416 e. The zero-order chi connectivity index (χ0) is 24.2. The number of hydrogen-bond donors (Lipinski definition) is 1. The fourth-order valence-electron chi connectivity index (χ4n) is 3.34. The maximum absolute atomic E-state index is 13.2. The van der Waals surface area contributed by atoms with Crippen molar-refractivity contribution < 1.29 is 22.7 Å². The lowest BCUT2D eigenvalue weighted by molar-refractivity contribution is -0.138. The number of rotatable bonds is 10. The van der Waals surface area contributed by atoms with E-state index in [2.05, 4.69) is 5.10 Å². The van der Waals surface area contributed by atoms with Crippen LogP contribution in [0.1, 0.15) is 30.0 Å². The van der Waals surface area contributed by atoms with Gasteiger partial charge in [0.2, 0.25) is 0 Å². The van der Waals surface area contributed by atoms with E-state index in [9.17, 15) is 22.8 Å². The molecule has 0 saturated carbocycles. The van der Waals surface area contributed by atoms with Gasteiger partial charge < -0.3 is 10.5 Å². The molecule has 1 unspecified atom stereocenters. The van der Waals surface area contributed by atoms with Gasteiger partial charge in [-0.25, -0.2) is 9.48 Å². The van der Waals surface area contributed by atoms with Crippen molar-refractivity contribution in [3.8, 4) is 10.7 Å². The van der Waals surface area contributed by atoms with Crippen LogP contribution >= 0.6 is 22.9 Å². The number of hydrogen-bond acceptors (Lipinski definition) is 6. The van der Waals surface area contributed by atoms with Crippen LogP contribution in [0.25, 0.3) is 10.7 Å². The molecule has 3 rings (SSSR count). The average Bonchev–Trinajstić information content (AvgIpc) is 3.33. The van der Waals surface area contributed by atoms with Crippen molar-refractivity contribution in [2.24, 2.45) is 5.73 Å². The third kappa shape index (κ3) is 6.11. The monoisotopic (exact) mass is 502 g/mol. The minimum atomic E-state index is -4.54. The van der Waals surface area contributed by atoms with Crippen molar-refractivity contribution >= 4 is 28.7 Å². The van der Waals surface area contributed by atoms with Crippen LogP contribution in [-0.2, 0) is 28.8 Å². The van der Waals surface area contributed by atoms with Crippen LogP contribution in [0.5, 0.6) is 0 Å². The topological polar surface area (TPSA) is 92.1 Å². The van der Waals surface area contributed by atoms with Crippen molar-refractivity contribution in [3.05, 3.63) is 62.3 Å². The SMILES string of the molecule is COCCn1c(-c2ccc(Cl)s2)nn(CC(=O)CCC(N)c2ccccc2C(F)(F)F)c1=O. The lowest BCUT2D eigenvalue weighted by atomic mass is 9.96. The first kappa shape index (κ1) is 25.2. The van der Waals surface area contributed by atoms with Crippen molar-refractivity contribution in [3.63, 3.8) is 0 Å². The van der Waals surface area contributed by atoms with Gasteiger partial charge in [0.25, 0.3) is 0 Å². The van der Waals surface area contributed by atoms with Crippen LogP contribution in [0.2, 0.25) is 4.34 Å². The third-order valence-corrected chi connectivity index (χ3v) is 6.19. The Morgan fingerprint density at radius 2 is 2.00 bits per heavy atom. The molecular weight excluding hydrogens is 481 g/mol. The van der Waals surface area contributed by atoms with E-state index in [0.717, 1.165) is 10.7 Å². The van der Waals surface area contributed by atoms with Crippen LogP contribution in [0, 0.1) is 0 Å². The summed E-state index contributed by atoms with van der Waals surface area (Å²) in [5, 5.41) is 4.28. The van der Waals surface area contributed by atoms with E-state index in [-0.39, 0.29) is 43.9 Å². The molecule has 2 heterocycles. The van der Waals surface area contributed by atoms with Crippen molar-refractivity contribution in [2.45, 2.75) is 38.1 Å². The van der Waals surface area contributed by atoms with Gasteiger partial charge in [-0.1, -0.05) is 29.8 Å². The number of ether oxygens (including phenoxy) is 1. The van der Waals surface area contributed by atoms with Crippen LogP contribution in [0.4, 0.5) is 13.2 Å². The lowest BCUT2D eigenvalue weighted by Crippen LogP contribution is -2.29. The Hall–Kier alpha value is -2.47. The summed E-state index contributed by atoms with van der Waals surface area (Å²) in [6.07, 6.45) is -4.65. The Morgan fingerprint density at radius 1 is 1.27 bits per heavy atom. The van der Waals surface area contributed by atoms with E-state index in [4.69, 9.17) is 22.1 Å². The van der Waals surface area contributed by atoms with Gasteiger partial charge in [-0.2, -0.15) is 13.2 Å². The van der Waals surface area contributed by atoms with E-state index in [1.807, 2.05) is 0 Å². The molecule has 0 amide bonds. The lowest BCUT2D eigenvalue weighted by Gasteiger charge is -2.18. The maximum atomic E-state index is 13.2. The highest BCUT2D eigenvalue weighted by Crippen LogP contribution is 2.35. The zero-order valence-corrected chi connectivity index (χ0v) is 19.2. The molecule has 0 fully saturated rings. The zero-order valence-electron chi connectivity index (χ0n) is 17.6. The molecule has 2 aromatic heterocycles. The van der Waals surface area contributed by atoms with Gasteiger partial charge in [0.1, 0.15) is 6.54 Å². The third-order valence-electron chi connectivity index (χ3n) is 4.96. The van der Waals surface area contributed by atoms with Gasteiger partial charge in [0.15, 0.2) is 11.6 Å². The number of nitrogens with zero attached hydrogens (tertiary/aromatic N) is 3. The van der Waals surface area contributed by atoms with E-state index < -0.39 is 23.5 Å². The number of ketones is 1. The number of carbonyl (C=O) groups excluding carboxylic acids is 1. The second-order valence-electron chi connectivity index (χ2n) is 7.28. The Kier molecular flexibility index (Phi) is 8.11. The molecule has 0 aliphatic rings. The first-order chi connectivity index (χ1) is 15.6. The number of carbonyl (C=O) groups is 1. The highest BCUT2D eigenvalue weighted by molar-refractivity contribution is 7.19. The largest absolute Gasteiger partial charge is 0.416 e. The minimum Gasteiger partial charge on any atom is -0.383 e. The second-order valence-corrected chi connectivity index (χ2v) is 9.00. The minimum absolute atomic E-state index is 0.00154. The molecule has 0 spiro atoms. The van der Waals surface area contributed by atoms with Gasteiger partial charge in [0, 0.05) is 19.6 Å². The molecule has 1 aromatic carbocycles. The summed E-state index contributed by atoms with van der Waals surface area (Å²) in [5.41, 5.74) is 4.57. The number of alkyl halides is 3. The smallest absolute Gasteiger partial charge is 0.383 e. The highest BCUT2D eigenvalue weighted by atomic mass is 35.5. The van der Waals surface area contributed by atoms with Crippen LogP contribution in [-0.4, -0.2) is 33.8 Å². The molecular formula is C21H22ClF3N4O3S. The number of halogens is 4. The van der Waals surface area contributed by atoms with E-state index in [1.54, 1.807) is 12.1 Å². The van der Waals surface area contributed by atoms with Crippen LogP contribution in [0.15, 0.2) is 41.2 Å². The summed E-state index contributed by atoms with van der Waals surface area (Å²) in [6, 6.07) is 7.44. The standard InChI is InChI=1S/C21H22ClF3N4O3S/c1-32-11-10-28-19(17-8-9-18(22)33-17)27-29(20(28)31)12-13(30)6-7-16(26)14-4-2-3-5-15(14)21(23,24)25/h2-5,8-9,16H,6-7,10-12,26H2,1H3. The highest BCUT2D eigenvalue weighted by Gasteiger charge is 2.34. The Labute approximate surface area is 196 Å². The quantitative estimate of drug-likeness (QED) is 0.450. The van der Waals surface area contributed by atoms with E-state index in [1.165, 1.54) is 41.2 Å². The van der Waals surface area contributed by atoms with Gasteiger partial charge in [0.05, 0.1) is 27.9 Å². The number of benzene rings is 1. The predicted molar refractivity (Wildman–Crippen MR) is 119 cm³/mol. The first-order valence-corrected chi connectivity index (χ1v) is 11.2. The summed E-state index contributed by atoms with van der Waals surface area (Å²) in [5.74, 6) is -0.0123. The molecule has 33 heavy (non-hydrogen) atoms. The van der Waals surface area contributed by atoms with Crippen molar-refractivity contribution in [1.82, 2.24) is 14.3 Å². The molecule has 0 radical (unpaired) electrons. The molecule has 7 nitrogen and oxygen atoms in total. The number of nitrogens with two attached hydrogens (primary N) is 1. The summed E-state index contributed by atoms with van der Waals surface area (Å²) in [6.45, 7) is 0.172. The molecule has 0 bridgehead atoms. The number of thiophene rings is 1. The molecule has 3 aromatic rings. The van der Waals surface area contributed by atoms with E-state index >= 15 is 0 Å². The number of Topliss-reactive ketones (excluding diaryl/α,β-unsaturated/α-hetero) is 1. The van der Waals surface area contributed by atoms with Gasteiger partial charge in [-0.05, 0) is 30.2 Å². The van der Waals surface area contributed by atoms with Gasteiger partial charge >= 0.3 is 11.9 Å². The normalized spacial score (nSPS) is 12.8. The molecule has 2 N–H and O–H groups in total. The molecule has 0 saturated heterocycles. The molecule has 1 atom stereocenters. The van der Waals surface area contributed by atoms with Crippen molar-refractivity contribution in [1.29, 1.82) is 0 Å². The number of methoxy groups -OCH3 is 1. The van der Waals surface area contributed by atoms with Gasteiger partial charge in [-0.15, -0.1) is 16.4 Å². The number of aromatic nitrogens is 3. The summed E-state index contributed by atoms with van der Waals surface area (Å²) >= 11 is 7.23. The molecule has 0 aliphatic heterocycles. The second kappa shape index (κ2) is 10.6. The average molecular weight is 503 g/mol. The van der Waals surface area contributed by atoms with Crippen LogP contribution in [0.3, 0.4) is 0 Å². The Bertz CT molecular complexity index is 1170. The summed E-state index contributed by atoms with van der Waals surface area (Å²) in [7, 11) is 1.50. The Morgan fingerprint density at radius 3 is 2.64 bits per heavy atom.